The number of halogens is 1. The molecule has 0 atom stereocenters. The van der Waals surface area contributed by atoms with Crippen LogP contribution in [0.3, 0.4) is 0 Å². The van der Waals surface area contributed by atoms with Crippen LogP contribution in [0.15, 0.2) is 60.8 Å². The fourth-order valence-corrected chi connectivity index (χ4v) is 4.00. The SMILES string of the molecule is CC(=O)c1ccc(N2CCN(CC(=O)Nc3ccnn3Cc3ccccc3Cl)CC2)cc1. The summed E-state index contributed by atoms with van der Waals surface area (Å²) in [6.07, 6.45) is 1.67. The lowest BCUT2D eigenvalue weighted by Gasteiger charge is -2.35. The molecular formula is C24H26ClN5O2. The van der Waals surface area contributed by atoms with Gasteiger partial charge < -0.3 is 10.2 Å². The Balaban J connectivity index is 1.28. The number of amides is 1. The zero-order chi connectivity index (χ0) is 22.5. The summed E-state index contributed by atoms with van der Waals surface area (Å²) in [6.45, 7) is 5.64. The van der Waals surface area contributed by atoms with E-state index in [0.29, 0.717) is 23.9 Å². The van der Waals surface area contributed by atoms with E-state index in [-0.39, 0.29) is 11.7 Å². The fourth-order valence-electron chi connectivity index (χ4n) is 3.81. The third-order valence-electron chi connectivity index (χ3n) is 5.64. The Kier molecular flexibility index (Phi) is 6.87. The van der Waals surface area contributed by atoms with Crippen molar-refractivity contribution in [1.29, 1.82) is 0 Å². The summed E-state index contributed by atoms with van der Waals surface area (Å²) < 4.78 is 1.74. The minimum absolute atomic E-state index is 0.0647. The number of ketones is 1. The standard InChI is InChI=1S/C24H26ClN5O2/c1-18(31)19-6-8-21(9-7-19)29-14-12-28(13-15-29)17-24(32)27-23-10-11-26-30(23)16-20-4-2-3-5-22(20)25/h2-11H,12-17H2,1H3,(H,27,32). The highest BCUT2D eigenvalue weighted by Gasteiger charge is 2.20. The van der Waals surface area contributed by atoms with Crippen LogP contribution in [0, 0.1) is 0 Å². The number of carbonyl (C=O) groups excluding carboxylic acids is 2. The number of rotatable bonds is 7. The molecule has 7 nitrogen and oxygen atoms in total. The first-order valence-corrected chi connectivity index (χ1v) is 11.0. The molecule has 4 rings (SSSR count). The molecule has 32 heavy (non-hydrogen) atoms. The number of aromatic nitrogens is 2. The smallest absolute Gasteiger partial charge is 0.239 e. The number of nitrogens with one attached hydrogen (secondary N) is 1. The van der Waals surface area contributed by atoms with Crippen LogP contribution in [-0.4, -0.2) is 59.1 Å². The van der Waals surface area contributed by atoms with Gasteiger partial charge in [0.15, 0.2) is 5.78 Å². The van der Waals surface area contributed by atoms with Crippen LogP contribution in [0.1, 0.15) is 22.8 Å². The second kappa shape index (κ2) is 9.97. The molecule has 166 valence electrons. The predicted octanol–water partition coefficient (Wildman–Crippen LogP) is 3.55. The molecule has 2 heterocycles. The molecule has 0 saturated carbocycles. The first-order chi connectivity index (χ1) is 15.5. The third-order valence-corrected chi connectivity index (χ3v) is 6.01. The number of hydrogen-bond acceptors (Lipinski definition) is 5. The van der Waals surface area contributed by atoms with Gasteiger partial charge in [-0.3, -0.25) is 14.5 Å². The maximum absolute atomic E-state index is 12.6. The van der Waals surface area contributed by atoms with E-state index in [2.05, 4.69) is 20.2 Å². The molecular weight excluding hydrogens is 426 g/mol. The van der Waals surface area contributed by atoms with Crippen molar-refractivity contribution in [2.24, 2.45) is 0 Å². The van der Waals surface area contributed by atoms with Gasteiger partial charge in [-0.2, -0.15) is 5.10 Å². The molecule has 1 N–H and O–H groups in total. The molecule has 0 unspecified atom stereocenters. The van der Waals surface area contributed by atoms with Crippen LogP contribution >= 0.6 is 11.6 Å². The first-order valence-electron chi connectivity index (χ1n) is 10.6. The Morgan fingerprint density at radius 3 is 2.41 bits per heavy atom. The van der Waals surface area contributed by atoms with E-state index < -0.39 is 0 Å². The van der Waals surface area contributed by atoms with E-state index in [0.717, 1.165) is 43.0 Å². The van der Waals surface area contributed by atoms with Crippen molar-refractivity contribution in [2.75, 3.05) is 42.9 Å². The number of benzene rings is 2. The highest BCUT2D eigenvalue weighted by molar-refractivity contribution is 6.31. The Morgan fingerprint density at radius 2 is 1.72 bits per heavy atom. The van der Waals surface area contributed by atoms with Crippen LogP contribution < -0.4 is 10.2 Å². The lowest BCUT2D eigenvalue weighted by Crippen LogP contribution is -2.48. The van der Waals surface area contributed by atoms with Gasteiger partial charge in [-0.25, -0.2) is 4.68 Å². The first kappa shape index (κ1) is 22.0. The highest BCUT2D eigenvalue weighted by atomic mass is 35.5. The van der Waals surface area contributed by atoms with Crippen LogP contribution in [-0.2, 0) is 11.3 Å². The quantitative estimate of drug-likeness (QED) is 0.556. The molecule has 1 amide bonds. The second-order valence-corrected chi connectivity index (χ2v) is 8.29. The van der Waals surface area contributed by atoms with Gasteiger partial charge in [-0.1, -0.05) is 29.8 Å². The summed E-state index contributed by atoms with van der Waals surface area (Å²) in [5, 5.41) is 7.96. The van der Waals surface area contributed by atoms with E-state index in [9.17, 15) is 9.59 Å². The summed E-state index contributed by atoms with van der Waals surface area (Å²) >= 11 is 6.25. The zero-order valence-corrected chi connectivity index (χ0v) is 18.8. The molecule has 1 saturated heterocycles. The van der Waals surface area contributed by atoms with Crippen LogP contribution in [0.4, 0.5) is 11.5 Å². The monoisotopic (exact) mass is 451 g/mol. The van der Waals surface area contributed by atoms with Gasteiger partial charge in [-0.05, 0) is 42.8 Å². The summed E-state index contributed by atoms with van der Waals surface area (Å²) in [7, 11) is 0. The molecule has 0 radical (unpaired) electrons. The molecule has 1 fully saturated rings. The lowest BCUT2D eigenvalue weighted by atomic mass is 10.1. The molecule has 1 aliphatic heterocycles. The summed E-state index contributed by atoms with van der Waals surface area (Å²) in [5.41, 5.74) is 2.77. The molecule has 0 spiro atoms. The van der Waals surface area contributed by atoms with E-state index >= 15 is 0 Å². The molecule has 8 heteroatoms. The van der Waals surface area contributed by atoms with Gasteiger partial charge in [0.1, 0.15) is 5.82 Å². The Labute approximate surface area is 192 Å². The molecule has 1 aromatic heterocycles. The van der Waals surface area contributed by atoms with E-state index in [1.165, 1.54) is 0 Å². The van der Waals surface area contributed by atoms with Crippen molar-refractivity contribution < 1.29 is 9.59 Å². The number of anilines is 2. The van der Waals surface area contributed by atoms with Crippen molar-refractivity contribution in [3.63, 3.8) is 0 Å². The number of hydrogen-bond donors (Lipinski definition) is 1. The van der Waals surface area contributed by atoms with Gasteiger partial charge in [-0.15, -0.1) is 0 Å². The van der Waals surface area contributed by atoms with Crippen molar-refractivity contribution in [3.8, 4) is 0 Å². The minimum atomic E-state index is -0.0647. The minimum Gasteiger partial charge on any atom is -0.369 e. The van der Waals surface area contributed by atoms with E-state index in [4.69, 9.17) is 11.6 Å². The van der Waals surface area contributed by atoms with Gasteiger partial charge in [0, 0.05) is 48.5 Å². The highest BCUT2D eigenvalue weighted by Crippen LogP contribution is 2.19. The van der Waals surface area contributed by atoms with Gasteiger partial charge in [0.2, 0.25) is 5.91 Å². The van der Waals surface area contributed by atoms with Crippen molar-refractivity contribution >= 4 is 34.8 Å². The van der Waals surface area contributed by atoms with E-state index in [1.807, 2.05) is 48.5 Å². The number of piperazine rings is 1. The van der Waals surface area contributed by atoms with Gasteiger partial charge in [0.25, 0.3) is 0 Å². The van der Waals surface area contributed by atoms with Crippen molar-refractivity contribution in [3.05, 3.63) is 76.9 Å². The normalized spacial score (nSPS) is 14.4. The largest absolute Gasteiger partial charge is 0.369 e. The third kappa shape index (κ3) is 5.36. The topological polar surface area (TPSA) is 70.5 Å². The average Bonchev–Trinajstić information content (AvgIpc) is 3.22. The lowest BCUT2D eigenvalue weighted by molar-refractivity contribution is -0.117. The predicted molar refractivity (Wildman–Crippen MR) is 127 cm³/mol. The Morgan fingerprint density at radius 1 is 1.00 bits per heavy atom. The molecule has 0 bridgehead atoms. The summed E-state index contributed by atoms with van der Waals surface area (Å²) in [4.78, 5) is 28.5. The summed E-state index contributed by atoms with van der Waals surface area (Å²) in [6, 6.07) is 17.1. The Bertz CT molecular complexity index is 1090. The van der Waals surface area contributed by atoms with Gasteiger partial charge >= 0.3 is 0 Å². The number of nitrogens with zero attached hydrogens (tertiary/aromatic N) is 4. The maximum atomic E-state index is 12.6. The molecule has 1 aliphatic rings. The Hall–Kier alpha value is -3.16. The molecule has 0 aliphatic carbocycles. The van der Waals surface area contributed by atoms with Crippen LogP contribution in [0.25, 0.3) is 0 Å². The van der Waals surface area contributed by atoms with Gasteiger partial charge in [0.05, 0.1) is 19.3 Å². The van der Waals surface area contributed by atoms with Crippen LogP contribution in [0.2, 0.25) is 5.02 Å². The molecule has 3 aromatic rings. The van der Waals surface area contributed by atoms with Crippen LogP contribution in [0.5, 0.6) is 0 Å². The van der Waals surface area contributed by atoms with Crippen molar-refractivity contribution in [1.82, 2.24) is 14.7 Å². The second-order valence-electron chi connectivity index (χ2n) is 7.88. The van der Waals surface area contributed by atoms with Crippen molar-refractivity contribution in [2.45, 2.75) is 13.5 Å². The zero-order valence-electron chi connectivity index (χ0n) is 18.0. The maximum Gasteiger partial charge on any atom is 0.239 e. The summed E-state index contributed by atoms with van der Waals surface area (Å²) in [5.74, 6) is 0.657. The fraction of sp³-hybridized carbons (Fsp3) is 0.292. The molecule has 2 aromatic carbocycles. The average molecular weight is 452 g/mol. The number of carbonyl (C=O) groups is 2. The number of Topliss-reactive ketones (excluding diaryl/α,β-unsaturated/α-hetero) is 1. The van der Waals surface area contributed by atoms with E-state index in [1.54, 1.807) is 23.9 Å².